The molecule has 0 bridgehead atoms. The summed E-state index contributed by atoms with van der Waals surface area (Å²) in [5.74, 6) is 0.954. The molecule has 148 valence electrons. The predicted molar refractivity (Wildman–Crippen MR) is 112 cm³/mol. The van der Waals surface area contributed by atoms with Crippen molar-refractivity contribution >= 4 is 11.6 Å². The van der Waals surface area contributed by atoms with Gasteiger partial charge >= 0.3 is 6.03 Å². The van der Waals surface area contributed by atoms with Gasteiger partial charge in [0.1, 0.15) is 0 Å². The minimum atomic E-state index is -0.347. The molecule has 1 N–H and O–H groups in total. The minimum absolute atomic E-state index is 0.110. The summed E-state index contributed by atoms with van der Waals surface area (Å²) in [5.41, 5.74) is 4.70. The molecule has 0 radical (unpaired) electrons. The summed E-state index contributed by atoms with van der Waals surface area (Å²) >= 11 is 0. The van der Waals surface area contributed by atoms with E-state index in [9.17, 15) is 4.79 Å². The molecule has 1 aliphatic heterocycles. The van der Waals surface area contributed by atoms with Crippen molar-refractivity contribution in [3.63, 3.8) is 0 Å². The number of hydrogen-bond donors (Lipinski definition) is 1. The van der Waals surface area contributed by atoms with Gasteiger partial charge in [-0.3, -0.25) is 4.90 Å². The van der Waals surface area contributed by atoms with E-state index in [1.807, 2.05) is 75.4 Å². The summed E-state index contributed by atoms with van der Waals surface area (Å²) in [6, 6.07) is 17.4. The number of benzene rings is 2. The van der Waals surface area contributed by atoms with Gasteiger partial charge in [-0.2, -0.15) is 4.98 Å². The van der Waals surface area contributed by atoms with Crippen molar-refractivity contribution in [2.45, 2.75) is 33.2 Å². The number of aryl methyl sites for hydroxylation is 1. The number of hydrogen-bond acceptors (Lipinski definition) is 4. The maximum Gasteiger partial charge on any atom is 0.322 e. The van der Waals surface area contributed by atoms with E-state index in [-0.39, 0.29) is 12.1 Å². The molecule has 0 fully saturated rings. The van der Waals surface area contributed by atoms with Gasteiger partial charge in [-0.05, 0) is 25.8 Å². The molecule has 0 spiro atoms. The lowest BCUT2D eigenvalue weighted by molar-refractivity contribution is 0.205. The van der Waals surface area contributed by atoms with E-state index in [4.69, 9.17) is 4.52 Å². The van der Waals surface area contributed by atoms with E-state index < -0.39 is 0 Å². The van der Waals surface area contributed by atoms with E-state index in [2.05, 4.69) is 15.5 Å². The molecule has 6 heteroatoms. The third-order valence-corrected chi connectivity index (χ3v) is 5.14. The molecule has 1 aliphatic rings. The average molecular weight is 388 g/mol. The maximum atomic E-state index is 12.8. The fraction of sp³-hybridized carbons (Fsp3) is 0.261. The Kier molecular flexibility index (Phi) is 5.16. The first-order valence-electron chi connectivity index (χ1n) is 9.83. The van der Waals surface area contributed by atoms with Crippen LogP contribution in [0, 0.1) is 6.92 Å². The highest BCUT2D eigenvalue weighted by Crippen LogP contribution is 2.37. The summed E-state index contributed by atoms with van der Waals surface area (Å²) < 4.78 is 5.67. The van der Waals surface area contributed by atoms with Crippen LogP contribution in [-0.4, -0.2) is 27.6 Å². The molecule has 1 aromatic heterocycles. The standard InChI is InChI=1S/C23H24N4O2/c1-4-14-27-16(3)19(20(24-23(27)28)17-12-10-15(2)11-13-17)22-25-21(26-29-22)18-8-6-5-7-9-18/h5-13,20H,4,14H2,1-3H3,(H,24,28). The summed E-state index contributed by atoms with van der Waals surface area (Å²) in [5, 5.41) is 7.29. The summed E-state index contributed by atoms with van der Waals surface area (Å²) in [7, 11) is 0. The Labute approximate surface area is 170 Å². The van der Waals surface area contributed by atoms with Crippen molar-refractivity contribution in [3.05, 3.63) is 77.3 Å². The summed E-state index contributed by atoms with van der Waals surface area (Å²) in [6.45, 7) is 6.66. The lowest BCUT2D eigenvalue weighted by Crippen LogP contribution is -2.46. The smallest absolute Gasteiger partial charge is 0.322 e. The molecule has 3 aromatic rings. The minimum Gasteiger partial charge on any atom is -0.334 e. The number of allylic oxidation sites excluding steroid dienone is 1. The molecular formula is C23H24N4O2. The number of urea groups is 1. The maximum absolute atomic E-state index is 12.8. The first-order chi connectivity index (χ1) is 14.1. The van der Waals surface area contributed by atoms with E-state index >= 15 is 0 Å². The van der Waals surface area contributed by atoms with Crippen LogP contribution in [0.3, 0.4) is 0 Å². The van der Waals surface area contributed by atoms with Crippen LogP contribution < -0.4 is 5.32 Å². The molecule has 0 saturated heterocycles. The molecule has 4 rings (SSSR count). The number of amides is 2. The van der Waals surface area contributed by atoms with E-state index in [1.165, 1.54) is 0 Å². The highest BCUT2D eigenvalue weighted by atomic mass is 16.5. The van der Waals surface area contributed by atoms with Crippen LogP contribution in [0.25, 0.3) is 17.0 Å². The number of nitrogens with zero attached hydrogens (tertiary/aromatic N) is 3. The van der Waals surface area contributed by atoms with Crippen molar-refractivity contribution in [3.8, 4) is 11.4 Å². The Hall–Kier alpha value is -3.41. The zero-order valence-corrected chi connectivity index (χ0v) is 16.8. The second-order valence-corrected chi connectivity index (χ2v) is 7.23. The lowest BCUT2D eigenvalue weighted by Gasteiger charge is -2.35. The number of carbonyl (C=O) groups is 1. The van der Waals surface area contributed by atoms with Crippen molar-refractivity contribution in [1.82, 2.24) is 20.4 Å². The first-order valence-corrected chi connectivity index (χ1v) is 9.83. The second kappa shape index (κ2) is 7.91. The van der Waals surface area contributed by atoms with Gasteiger partial charge in [-0.1, -0.05) is 72.2 Å². The molecule has 2 aromatic carbocycles. The normalized spacial score (nSPS) is 16.9. The predicted octanol–water partition coefficient (Wildman–Crippen LogP) is 4.95. The summed E-state index contributed by atoms with van der Waals surface area (Å²) in [4.78, 5) is 19.2. The van der Waals surface area contributed by atoms with Gasteiger partial charge in [-0.25, -0.2) is 4.79 Å². The first kappa shape index (κ1) is 18.9. The Morgan fingerprint density at radius 2 is 1.79 bits per heavy atom. The highest BCUT2D eigenvalue weighted by Gasteiger charge is 2.35. The molecule has 1 atom stereocenters. The second-order valence-electron chi connectivity index (χ2n) is 7.23. The third kappa shape index (κ3) is 3.66. The fourth-order valence-corrected chi connectivity index (χ4v) is 3.60. The monoisotopic (exact) mass is 388 g/mol. The average Bonchev–Trinajstić information content (AvgIpc) is 3.22. The van der Waals surface area contributed by atoms with Gasteiger partial charge in [0.2, 0.25) is 5.82 Å². The van der Waals surface area contributed by atoms with E-state index in [0.717, 1.165) is 34.4 Å². The third-order valence-electron chi connectivity index (χ3n) is 5.14. The van der Waals surface area contributed by atoms with Crippen molar-refractivity contribution < 1.29 is 9.32 Å². The van der Waals surface area contributed by atoms with Crippen molar-refractivity contribution in [2.75, 3.05) is 6.54 Å². The fourth-order valence-electron chi connectivity index (χ4n) is 3.60. The molecule has 6 nitrogen and oxygen atoms in total. The number of rotatable bonds is 5. The Balaban J connectivity index is 1.81. The van der Waals surface area contributed by atoms with Gasteiger partial charge in [0, 0.05) is 17.8 Å². The van der Waals surface area contributed by atoms with Gasteiger partial charge in [-0.15, -0.1) is 0 Å². The van der Waals surface area contributed by atoms with Gasteiger partial charge in [0.25, 0.3) is 5.89 Å². The summed E-state index contributed by atoms with van der Waals surface area (Å²) in [6.07, 6.45) is 0.854. The molecule has 29 heavy (non-hydrogen) atoms. The molecule has 0 saturated carbocycles. The Bertz CT molecular complexity index is 1040. The molecule has 1 unspecified atom stereocenters. The lowest BCUT2D eigenvalue weighted by atomic mass is 9.94. The quantitative estimate of drug-likeness (QED) is 0.671. The van der Waals surface area contributed by atoms with Gasteiger partial charge in [0.05, 0.1) is 11.6 Å². The zero-order valence-electron chi connectivity index (χ0n) is 16.8. The van der Waals surface area contributed by atoms with Crippen molar-refractivity contribution in [1.29, 1.82) is 0 Å². The highest BCUT2D eigenvalue weighted by molar-refractivity contribution is 5.86. The number of aromatic nitrogens is 2. The van der Waals surface area contributed by atoms with Crippen LogP contribution >= 0.6 is 0 Å². The number of carbonyl (C=O) groups excluding carboxylic acids is 1. The van der Waals surface area contributed by atoms with Crippen LogP contribution in [-0.2, 0) is 0 Å². The van der Waals surface area contributed by atoms with Crippen LogP contribution in [0.4, 0.5) is 4.79 Å². The molecule has 2 heterocycles. The molecule has 0 aliphatic carbocycles. The molecule has 2 amide bonds. The Morgan fingerprint density at radius 3 is 2.48 bits per heavy atom. The van der Waals surface area contributed by atoms with Gasteiger partial charge < -0.3 is 9.84 Å². The SMILES string of the molecule is CCCN1C(=O)NC(c2ccc(C)cc2)C(c2nc(-c3ccccc3)no2)=C1C. The largest absolute Gasteiger partial charge is 0.334 e. The molecular weight excluding hydrogens is 364 g/mol. The number of nitrogens with one attached hydrogen (secondary N) is 1. The van der Waals surface area contributed by atoms with E-state index in [1.54, 1.807) is 4.90 Å². The van der Waals surface area contributed by atoms with Gasteiger partial charge in [0.15, 0.2) is 0 Å². The van der Waals surface area contributed by atoms with E-state index in [0.29, 0.717) is 18.3 Å². The zero-order chi connectivity index (χ0) is 20.4. The topological polar surface area (TPSA) is 71.3 Å². The van der Waals surface area contributed by atoms with Crippen LogP contribution in [0.5, 0.6) is 0 Å². The van der Waals surface area contributed by atoms with Crippen LogP contribution in [0.15, 0.2) is 64.8 Å². The van der Waals surface area contributed by atoms with Crippen molar-refractivity contribution in [2.24, 2.45) is 0 Å². The van der Waals surface area contributed by atoms with Crippen LogP contribution in [0.1, 0.15) is 43.3 Å². The van der Waals surface area contributed by atoms with Crippen LogP contribution in [0.2, 0.25) is 0 Å². The Morgan fingerprint density at radius 1 is 1.07 bits per heavy atom.